The van der Waals surface area contributed by atoms with Gasteiger partial charge in [-0.05, 0) is 12.8 Å². The Balaban J connectivity index is 1.97. The number of aromatic nitrogens is 2. The summed E-state index contributed by atoms with van der Waals surface area (Å²) in [5, 5.41) is 5.73. The van der Waals surface area contributed by atoms with E-state index in [0.29, 0.717) is 6.54 Å². The highest BCUT2D eigenvalue weighted by Gasteiger charge is 2.10. The van der Waals surface area contributed by atoms with Crippen molar-refractivity contribution in [2.24, 2.45) is 0 Å². The minimum Gasteiger partial charge on any atom is -0.491 e. The molecule has 112 valence electrons. The monoisotopic (exact) mass is 307 g/mol. The number of ether oxygens (including phenoxy) is 1. The summed E-state index contributed by atoms with van der Waals surface area (Å²) >= 11 is 1.59. The summed E-state index contributed by atoms with van der Waals surface area (Å²) in [6.07, 6.45) is 3.37. The van der Waals surface area contributed by atoms with Gasteiger partial charge in [0, 0.05) is 17.6 Å². The van der Waals surface area contributed by atoms with E-state index in [4.69, 9.17) is 4.74 Å². The molecule has 0 saturated heterocycles. The predicted molar refractivity (Wildman–Crippen MR) is 80.9 cm³/mol. The first-order chi connectivity index (χ1) is 10.1. The summed E-state index contributed by atoms with van der Waals surface area (Å²) in [6.45, 7) is 2.44. The van der Waals surface area contributed by atoms with Crippen LogP contribution in [0.5, 0.6) is 5.75 Å². The van der Waals surface area contributed by atoms with Gasteiger partial charge in [-0.1, -0.05) is 6.92 Å². The molecule has 0 aromatic carbocycles. The van der Waals surface area contributed by atoms with Crippen molar-refractivity contribution >= 4 is 17.2 Å². The lowest BCUT2D eigenvalue weighted by atomic mass is 10.3. The Labute approximate surface area is 126 Å². The van der Waals surface area contributed by atoms with Crippen molar-refractivity contribution in [2.45, 2.75) is 26.3 Å². The molecule has 0 bridgehead atoms. The number of thiazole rings is 1. The average molecular weight is 307 g/mol. The van der Waals surface area contributed by atoms with Crippen molar-refractivity contribution in [1.82, 2.24) is 15.3 Å². The first-order valence-corrected chi connectivity index (χ1v) is 7.50. The standard InChI is InChI=1S/C14H17N3O3S/c1-3-4-13-17-9(8-21-13)6-16-14(19)10-5-11(18)12(20-2)7-15-10/h5,7-8H,3-4,6H2,1-2H3,(H,15,18)(H,16,19). The van der Waals surface area contributed by atoms with E-state index in [9.17, 15) is 9.59 Å². The Morgan fingerprint density at radius 1 is 1.52 bits per heavy atom. The van der Waals surface area contributed by atoms with Gasteiger partial charge in [0.15, 0.2) is 5.75 Å². The van der Waals surface area contributed by atoms with Gasteiger partial charge in [-0.3, -0.25) is 9.59 Å². The van der Waals surface area contributed by atoms with Crippen LogP contribution in [0.4, 0.5) is 0 Å². The molecule has 2 aromatic rings. The molecule has 0 unspecified atom stereocenters. The normalized spacial score (nSPS) is 10.4. The number of carbonyl (C=O) groups is 1. The Hall–Kier alpha value is -2.15. The van der Waals surface area contributed by atoms with E-state index < -0.39 is 0 Å². The van der Waals surface area contributed by atoms with Gasteiger partial charge in [0.05, 0.1) is 24.4 Å². The topological polar surface area (TPSA) is 84.1 Å². The second-order valence-electron chi connectivity index (χ2n) is 4.44. The molecule has 0 saturated carbocycles. The zero-order valence-electron chi connectivity index (χ0n) is 11.9. The van der Waals surface area contributed by atoms with Gasteiger partial charge >= 0.3 is 0 Å². The molecule has 6 nitrogen and oxygen atoms in total. The van der Waals surface area contributed by atoms with Crippen LogP contribution in [0.2, 0.25) is 0 Å². The minimum atomic E-state index is -0.347. The van der Waals surface area contributed by atoms with Crippen molar-refractivity contribution in [3.8, 4) is 5.75 Å². The largest absolute Gasteiger partial charge is 0.491 e. The van der Waals surface area contributed by atoms with Gasteiger partial charge in [-0.25, -0.2) is 4.98 Å². The third-order valence-corrected chi connectivity index (χ3v) is 3.79. The summed E-state index contributed by atoms with van der Waals surface area (Å²) in [6, 6.07) is 1.22. The molecular formula is C14H17N3O3S. The lowest BCUT2D eigenvalue weighted by Gasteiger charge is -2.04. The molecule has 2 N–H and O–H groups in total. The smallest absolute Gasteiger partial charge is 0.268 e. The summed E-state index contributed by atoms with van der Waals surface area (Å²) in [5.41, 5.74) is 0.692. The molecular weight excluding hydrogens is 290 g/mol. The zero-order chi connectivity index (χ0) is 15.2. The highest BCUT2D eigenvalue weighted by Crippen LogP contribution is 2.11. The van der Waals surface area contributed by atoms with Crippen molar-refractivity contribution in [3.63, 3.8) is 0 Å². The number of methoxy groups -OCH3 is 1. The number of rotatable bonds is 6. The molecule has 2 aromatic heterocycles. The second kappa shape index (κ2) is 7.03. The number of aromatic amines is 1. The van der Waals surface area contributed by atoms with E-state index in [1.165, 1.54) is 19.4 Å². The average Bonchev–Trinajstić information content (AvgIpc) is 2.93. The number of amides is 1. The molecule has 0 radical (unpaired) electrons. The molecule has 2 heterocycles. The van der Waals surface area contributed by atoms with Gasteiger partial charge in [0.2, 0.25) is 5.43 Å². The van der Waals surface area contributed by atoms with Crippen LogP contribution in [0.1, 0.15) is 34.5 Å². The number of carbonyl (C=O) groups excluding carboxylic acids is 1. The number of pyridine rings is 1. The fourth-order valence-electron chi connectivity index (χ4n) is 1.77. The van der Waals surface area contributed by atoms with E-state index in [0.717, 1.165) is 23.5 Å². The molecule has 2 rings (SSSR count). The number of hydrogen-bond donors (Lipinski definition) is 2. The maximum atomic E-state index is 12.0. The van der Waals surface area contributed by atoms with Crippen LogP contribution >= 0.6 is 11.3 Å². The quantitative estimate of drug-likeness (QED) is 0.851. The lowest BCUT2D eigenvalue weighted by molar-refractivity contribution is 0.0945. The van der Waals surface area contributed by atoms with Crippen LogP contribution in [0.25, 0.3) is 0 Å². The summed E-state index contributed by atoms with van der Waals surface area (Å²) in [4.78, 5) is 30.7. The van der Waals surface area contributed by atoms with E-state index in [2.05, 4.69) is 22.2 Å². The molecule has 0 atom stereocenters. The Morgan fingerprint density at radius 3 is 3.00 bits per heavy atom. The lowest BCUT2D eigenvalue weighted by Crippen LogP contribution is -2.25. The molecule has 1 amide bonds. The highest BCUT2D eigenvalue weighted by molar-refractivity contribution is 7.09. The Morgan fingerprint density at radius 2 is 2.33 bits per heavy atom. The van der Waals surface area contributed by atoms with Crippen molar-refractivity contribution < 1.29 is 9.53 Å². The maximum absolute atomic E-state index is 12.0. The first kappa shape index (κ1) is 15.2. The van der Waals surface area contributed by atoms with Crippen LogP contribution in [0.3, 0.4) is 0 Å². The number of nitrogens with zero attached hydrogens (tertiary/aromatic N) is 1. The fraction of sp³-hybridized carbons (Fsp3) is 0.357. The van der Waals surface area contributed by atoms with E-state index in [1.54, 1.807) is 11.3 Å². The number of aryl methyl sites for hydroxylation is 1. The van der Waals surface area contributed by atoms with Crippen LogP contribution in [0, 0.1) is 0 Å². The minimum absolute atomic E-state index is 0.176. The molecule has 0 aliphatic heterocycles. The Bertz CT molecular complexity index is 678. The Kier molecular flexibility index (Phi) is 5.10. The van der Waals surface area contributed by atoms with Crippen LogP contribution in [-0.2, 0) is 13.0 Å². The SMILES string of the molecule is CCCc1nc(CNC(=O)c2cc(=O)c(OC)c[nH]2)cs1. The van der Waals surface area contributed by atoms with E-state index >= 15 is 0 Å². The summed E-state index contributed by atoms with van der Waals surface area (Å²) in [5.74, 6) is -0.171. The van der Waals surface area contributed by atoms with Crippen LogP contribution < -0.4 is 15.5 Å². The molecule has 0 aliphatic rings. The van der Waals surface area contributed by atoms with Gasteiger partial charge in [-0.2, -0.15) is 0 Å². The van der Waals surface area contributed by atoms with Gasteiger partial charge in [0.1, 0.15) is 5.69 Å². The molecule has 0 fully saturated rings. The van der Waals surface area contributed by atoms with Crippen molar-refractivity contribution in [3.05, 3.63) is 44.3 Å². The number of nitrogens with one attached hydrogen (secondary N) is 2. The van der Waals surface area contributed by atoms with Crippen molar-refractivity contribution in [1.29, 1.82) is 0 Å². The number of H-pyrrole nitrogens is 1. The van der Waals surface area contributed by atoms with Gasteiger partial charge < -0.3 is 15.0 Å². The van der Waals surface area contributed by atoms with E-state index in [1.807, 2.05) is 5.38 Å². The molecule has 21 heavy (non-hydrogen) atoms. The molecule has 0 aliphatic carbocycles. The first-order valence-electron chi connectivity index (χ1n) is 6.62. The van der Waals surface area contributed by atoms with E-state index in [-0.39, 0.29) is 22.8 Å². The van der Waals surface area contributed by atoms with Crippen LogP contribution in [-0.4, -0.2) is 23.0 Å². The molecule has 7 heteroatoms. The van der Waals surface area contributed by atoms with Gasteiger partial charge in [0.25, 0.3) is 5.91 Å². The maximum Gasteiger partial charge on any atom is 0.268 e. The van der Waals surface area contributed by atoms with Crippen LogP contribution in [0.15, 0.2) is 22.4 Å². The van der Waals surface area contributed by atoms with Crippen molar-refractivity contribution in [2.75, 3.05) is 7.11 Å². The summed E-state index contributed by atoms with van der Waals surface area (Å²) < 4.78 is 4.85. The fourth-order valence-corrected chi connectivity index (χ4v) is 2.67. The summed E-state index contributed by atoms with van der Waals surface area (Å²) in [7, 11) is 1.40. The second-order valence-corrected chi connectivity index (χ2v) is 5.39. The molecule has 0 spiro atoms. The third-order valence-electron chi connectivity index (χ3n) is 2.83. The highest BCUT2D eigenvalue weighted by atomic mass is 32.1. The number of hydrogen-bond acceptors (Lipinski definition) is 5. The predicted octanol–water partition coefficient (Wildman–Crippen LogP) is 1.72. The third kappa shape index (κ3) is 3.91. The van der Waals surface area contributed by atoms with Gasteiger partial charge in [-0.15, -0.1) is 11.3 Å². The zero-order valence-corrected chi connectivity index (χ0v) is 12.8.